The van der Waals surface area contributed by atoms with Crippen molar-refractivity contribution in [1.82, 2.24) is 15.1 Å². The summed E-state index contributed by atoms with van der Waals surface area (Å²) >= 11 is 1.54. The third kappa shape index (κ3) is 3.84. The molecule has 1 aliphatic carbocycles. The van der Waals surface area contributed by atoms with Crippen molar-refractivity contribution in [2.24, 2.45) is 5.92 Å². The summed E-state index contributed by atoms with van der Waals surface area (Å²) in [6, 6.07) is 13.6. The molecule has 0 unspecified atom stereocenters. The molecule has 0 radical (unpaired) electrons. The van der Waals surface area contributed by atoms with Gasteiger partial charge in [0, 0.05) is 12.2 Å². The third-order valence-electron chi connectivity index (χ3n) is 5.15. The van der Waals surface area contributed by atoms with Crippen molar-refractivity contribution >= 4 is 23.2 Å². The summed E-state index contributed by atoms with van der Waals surface area (Å²) in [6.07, 6.45) is 4.33. The highest BCUT2D eigenvalue weighted by atomic mass is 32.1. The van der Waals surface area contributed by atoms with Crippen molar-refractivity contribution in [2.45, 2.75) is 31.7 Å². The van der Waals surface area contributed by atoms with Crippen LogP contribution in [0.2, 0.25) is 0 Å². The van der Waals surface area contributed by atoms with Gasteiger partial charge in [-0.05, 0) is 49.3 Å². The first-order valence-electron chi connectivity index (χ1n) is 9.34. The predicted octanol–water partition coefficient (Wildman–Crippen LogP) is 3.97. The highest BCUT2D eigenvalue weighted by Gasteiger charge is 2.28. The number of carbonyl (C=O) groups is 2. The van der Waals surface area contributed by atoms with Crippen LogP contribution in [0, 0.1) is 5.92 Å². The van der Waals surface area contributed by atoms with Crippen molar-refractivity contribution in [3.63, 3.8) is 0 Å². The molecular weight excluding hydrogens is 374 g/mol. The second kappa shape index (κ2) is 7.98. The largest absolute Gasteiger partial charge is 0.481 e. The Hall–Kier alpha value is -2.93. The van der Waals surface area contributed by atoms with Crippen LogP contribution in [0.5, 0.6) is 0 Å². The number of hydrogen-bond donors (Lipinski definition) is 2. The summed E-state index contributed by atoms with van der Waals surface area (Å²) in [7, 11) is 0. The third-order valence-corrected chi connectivity index (χ3v) is 6.02. The first kappa shape index (κ1) is 18.4. The molecule has 2 N–H and O–H groups in total. The molecule has 0 atom stereocenters. The topological polar surface area (TPSA) is 84.2 Å². The van der Waals surface area contributed by atoms with Gasteiger partial charge in [0.2, 0.25) is 0 Å². The quantitative estimate of drug-likeness (QED) is 0.685. The van der Waals surface area contributed by atoms with Gasteiger partial charge in [0.05, 0.1) is 22.0 Å². The average Bonchev–Trinajstić information content (AvgIpc) is 3.39. The molecule has 2 aromatic heterocycles. The van der Waals surface area contributed by atoms with Crippen LogP contribution in [0.1, 0.15) is 36.0 Å². The Morgan fingerprint density at radius 3 is 2.46 bits per heavy atom. The molecule has 1 aliphatic rings. The van der Waals surface area contributed by atoms with Crippen molar-refractivity contribution in [1.29, 1.82) is 0 Å². The first-order valence-corrected chi connectivity index (χ1v) is 10.2. The van der Waals surface area contributed by atoms with Crippen LogP contribution < -0.4 is 5.32 Å². The zero-order valence-electron chi connectivity index (χ0n) is 15.2. The number of para-hydroxylation sites is 1. The van der Waals surface area contributed by atoms with Gasteiger partial charge in [0.15, 0.2) is 0 Å². The monoisotopic (exact) mass is 395 g/mol. The van der Waals surface area contributed by atoms with Gasteiger partial charge >= 0.3 is 5.97 Å². The Balaban J connectivity index is 1.57. The first-order chi connectivity index (χ1) is 13.6. The Bertz CT molecular complexity index is 958. The molecule has 0 bridgehead atoms. The van der Waals surface area contributed by atoms with E-state index in [2.05, 4.69) is 10.4 Å². The maximum Gasteiger partial charge on any atom is 0.306 e. The number of benzene rings is 1. The van der Waals surface area contributed by atoms with Gasteiger partial charge in [-0.3, -0.25) is 9.59 Å². The summed E-state index contributed by atoms with van der Waals surface area (Å²) in [5, 5.41) is 18.8. The van der Waals surface area contributed by atoms with Crippen LogP contribution in [0.4, 0.5) is 0 Å². The minimum atomic E-state index is -0.742. The molecule has 7 heteroatoms. The van der Waals surface area contributed by atoms with E-state index in [1.54, 1.807) is 22.2 Å². The molecule has 0 spiro atoms. The van der Waals surface area contributed by atoms with E-state index < -0.39 is 5.97 Å². The van der Waals surface area contributed by atoms with E-state index in [9.17, 15) is 9.59 Å². The number of carbonyl (C=O) groups excluding carboxylic acids is 1. The van der Waals surface area contributed by atoms with Crippen LogP contribution in [0.3, 0.4) is 0 Å². The Morgan fingerprint density at radius 2 is 1.82 bits per heavy atom. The lowest BCUT2D eigenvalue weighted by Crippen LogP contribution is -2.38. The number of hydrogen-bond acceptors (Lipinski definition) is 4. The second-order valence-corrected chi connectivity index (χ2v) is 7.96. The van der Waals surface area contributed by atoms with Gasteiger partial charge in [0.1, 0.15) is 5.69 Å². The molecule has 28 heavy (non-hydrogen) atoms. The van der Waals surface area contributed by atoms with Crippen molar-refractivity contribution in [2.75, 3.05) is 0 Å². The molecule has 6 nitrogen and oxygen atoms in total. The molecule has 3 aromatic rings. The van der Waals surface area contributed by atoms with Crippen molar-refractivity contribution in [3.8, 4) is 16.3 Å². The number of rotatable bonds is 5. The second-order valence-electron chi connectivity index (χ2n) is 7.01. The zero-order chi connectivity index (χ0) is 19.5. The normalized spacial score (nSPS) is 19.3. The summed E-state index contributed by atoms with van der Waals surface area (Å²) in [5.41, 5.74) is 2.09. The summed E-state index contributed by atoms with van der Waals surface area (Å²) in [5.74, 6) is -1.20. The number of nitrogens with zero attached hydrogens (tertiary/aromatic N) is 2. The smallest absolute Gasteiger partial charge is 0.306 e. The van der Waals surface area contributed by atoms with Crippen LogP contribution in [-0.4, -0.2) is 32.8 Å². The van der Waals surface area contributed by atoms with E-state index in [0.717, 1.165) is 10.6 Å². The summed E-state index contributed by atoms with van der Waals surface area (Å²) in [4.78, 5) is 25.1. The van der Waals surface area contributed by atoms with E-state index in [4.69, 9.17) is 5.11 Å². The lowest BCUT2D eigenvalue weighted by Gasteiger charge is -2.26. The number of amides is 1. The van der Waals surface area contributed by atoms with Gasteiger partial charge in [-0.25, -0.2) is 4.68 Å². The van der Waals surface area contributed by atoms with Gasteiger partial charge in [-0.2, -0.15) is 5.10 Å². The standard InChI is InChI=1S/C21H21N3O3S/c25-20(22-15-10-8-14(9-11-15)21(26)27)17-13-24(16-5-2-1-3-6-16)23-19(17)18-7-4-12-28-18/h1-7,12-15H,8-11H2,(H,22,25)(H,26,27). The average molecular weight is 395 g/mol. The highest BCUT2D eigenvalue weighted by molar-refractivity contribution is 7.13. The lowest BCUT2D eigenvalue weighted by atomic mass is 9.86. The zero-order valence-corrected chi connectivity index (χ0v) is 16.1. The molecule has 0 aliphatic heterocycles. The highest BCUT2D eigenvalue weighted by Crippen LogP contribution is 2.29. The van der Waals surface area contributed by atoms with Crippen LogP contribution in [0.25, 0.3) is 16.3 Å². The lowest BCUT2D eigenvalue weighted by molar-refractivity contribution is -0.142. The fourth-order valence-electron chi connectivity index (χ4n) is 3.60. The SMILES string of the molecule is O=C(NC1CCC(C(=O)O)CC1)c1cn(-c2ccccc2)nc1-c1cccs1. The molecular formula is C21H21N3O3S. The molecule has 1 aromatic carbocycles. The van der Waals surface area contributed by atoms with Crippen LogP contribution in [0.15, 0.2) is 54.0 Å². The number of carboxylic acid groups (broad SMARTS) is 1. The Morgan fingerprint density at radius 1 is 1.07 bits per heavy atom. The fourth-order valence-corrected chi connectivity index (χ4v) is 4.32. The maximum absolute atomic E-state index is 13.0. The number of carboxylic acids is 1. The molecule has 144 valence electrons. The van der Waals surface area contributed by atoms with Crippen molar-refractivity contribution in [3.05, 3.63) is 59.6 Å². The van der Waals surface area contributed by atoms with E-state index >= 15 is 0 Å². The van der Waals surface area contributed by atoms with Gasteiger partial charge < -0.3 is 10.4 Å². The Labute approximate surface area is 166 Å². The van der Waals surface area contributed by atoms with E-state index in [1.807, 2.05) is 47.8 Å². The van der Waals surface area contributed by atoms with E-state index in [0.29, 0.717) is 36.9 Å². The fraction of sp³-hybridized carbons (Fsp3) is 0.286. The molecule has 4 rings (SSSR count). The predicted molar refractivity (Wildman–Crippen MR) is 108 cm³/mol. The molecule has 1 saturated carbocycles. The van der Waals surface area contributed by atoms with Gasteiger partial charge in [0.25, 0.3) is 5.91 Å². The van der Waals surface area contributed by atoms with Crippen molar-refractivity contribution < 1.29 is 14.7 Å². The number of nitrogens with one attached hydrogen (secondary N) is 1. The van der Waals surface area contributed by atoms with Gasteiger partial charge in [-0.15, -0.1) is 11.3 Å². The summed E-state index contributed by atoms with van der Waals surface area (Å²) in [6.45, 7) is 0. The Kier molecular flexibility index (Phi) is 5.25. The molecule has 1 fully saturated rings. The van der Waals surface area contributed by atoms with Crippen LogP contribution in [-0.2, 0) is 4.79 Å². The maximum atomic E-state index is 13.0. The number of aromatic nitrogens is 2. The molecule has 1 amide bonds. The number of thiophene rings is 1. The molecule has 0 saturated heterocycles. The minimum absolute atomic E-state index is 0.000592. The van der Waals surface area contributed by atoms with E-state index in [1.165, 1.54) is 0 Å². The van der Waals surface area contributed by atoms with E-state index in [-0.39, 0.29) is 17.9 Å². The van der Waals surface area contributed by atoms with Gasteiger partial charge in [-0.1, -0.05) is 24.3 Å². The summed E-state index contributed by atoms with van der Waals surface area (Å²) < 4.78 is 1.73. The van der Waals surface area contributed by atoms with Crippen LogP contribution >= 0.6 is 11.3 Å². The number of aliphatic carboxylic acids is 1. The molecule has 2 heterocycles. The minimum Gasteiger partial charge on any atom is -0.481 e.